The number of amides is 1. The highest BCUT2D eigenvalue weighted by atomic mass is 35.5. The van der Waals surface area contributed by atoms with Gasteiger partial charge in [0.25, 0.3) is 0 Å². The van der Waals surface area contributed by atoms with Crippen molar-refractivity contribution in [1.82, 2.24) is 19.7 Å². The lowest BCUT2D eigenvalue weighted by Gasteiger charge is -2.24. The third-order valence-corrected chi connectivity index (χ3v) is 6.77. The topological polar surface area (TPSA) is 63.9 Å². The Balaban J connectivity index is 1.73. The zero-order valence-electron chi connectivity index (χ0n) is 18.6. The predicted molar refractivity (Wildman–Crippen MR) is 134 cm³/mol. The van der Waals surface area contributed by atoms with Gasteiger partial charge >= 0.3 is 0 Å². The second-order valence-electron chi connectivity index (χ2n) is 7.44. The van der Waals surface area contributed by atoms with Crippen LogP contribution in [0.5, 0.6) is 0 Å². The molecule has 0 bridgehead atoms. The minimum absolute atomic E-state index is 0.0107. The van der Waals surface area contributed by atoms with E-state index < -0.39 is 0 Å². The Labute approximate surface area is 202 Å². The van der Waals surface area contributed by atoms with Crippen molar-refractivity contribution in [2.24, 2.45) is 0 Å². The molecular formula is C25H24ClN5OS. The molecule has 168 valence electrons. The van der Waals surface area contributed by atoms with Gasteiger partial charge in [-0.25, -0.2) is 0 Å². The van der Waals surface area contributed by atoms with Gasteiger partial charge in [-0.15, -0.1) is 10.2 Å². The summed E-state index contributed by atoms with van der Waals surface area (Å²) in [6.07, 6.45) is 3.44. The van der Waals surface area contributed by atoms with E-state index in [0.717, 1.165) is 22.5 Å². The first kappa shape index (κ1) is 23.0. The largest absolute Gasteiger partial charge is 0.312 e. The first-order valence-electron chi connectivity index (χ1n) is 10.7. The number of anilines is 1. The number of carbonyl (C=O) groups excluding carboxylic acids is 1. The Bertz CT molecular complexity index is 1250. The van der Waals surface area contributed by atoms with Crippen LogP contribution in [0.15, 0.2) is 78.2 Å². The fourth-order valence-corrected chi connectivity index (χ4v) is 4.68. The van der Waals surface area contributed by atoms with Gasteiger partial charge < -0.3 is 4.90 Å². The zero-order chi connectivity index (χ0) is 23.4. The number of benzene rings is 2. The number of para-hydroxylation sites is 1. The SMILES string of the molecule is CCN(C(=O)C(C)Sc1nnc(-c2ccncc2)n1-c1cccc(Cl)c1C)c1ccccc1. The Morgan fingerprint density at radius 3 is 2.48 bits per heavy atom. The molecule has 0 aliphatic heterocycles. The molecule has 8 heteroatoms. The van der Waals surface area contributed by atoms with Crippen molar-refractivity contribution in [3.8, 4) is 17.1 Å². The van der Waals surface area contributed by atoms with Gasteiger partial charge in [0.15, 0.2) is 11.0 Å². The van der Waals surface area contributed by atoms with E-state index in [-0.39, 0.29) is 11.2 Å². The fraction of sp³-hybridized carbons (Fsp3) is 0.200. The van der Waals surface area contributed by atoms with Crippen LogP contribution in [0, 0.1) is 6.92 Å². The molecule has 6 nitrogen and oxygen atoms in total. The molecule has 4 rings (SSSR count). The van der Waals surface area contributed by atoms with Gasteiger partial charge in [-0.2, -0.15) is 0 Å². The first-order valence-corrected chi connectivity index (χ1v) is 11.9. The third kappa shape index (κ3) is 4.79. The molecule has 4 aromatic rings. The van der Waals surface area contributed by atoms with Crippen LogP contribution in [0.4, 0.5) is 5.69 Å². The molecule has 0 aliphatic carbocycles. The van der Waals surface area contributed by atoms with E-state index in [0.29, 0.717) is 22.5 Å². The molecule has 2 heterocycles. The zero-order valence-corrected chi connectivity index (χ0v) is 20.2. The lowest BCUT2D eigenvalue weighted by Crippen LogP contribution is -2.36. The van der Waals surface area contributed by atoms with Crippen molar-refractivity contribution in [2.45, 2.75) is 31.2 Å². The molecule has 0 fully saturated rings. The highest BCUT2D eigenvalue weighted by molar-refractivity contribution is 8.00. The maximum atomic E-state index is 13.3. The maximum Gasteiger partial charge on any atom is 0.240 e. The number of pyridine rings is 1. The first-order chi connectivity index (χ1) is 16.0. The van der Waals surface area contributed by atoms with Gasteiger partial charge in [-0.05, 0) is 62.7 Å². The summed E-state index contributed by atoms with van der Waals surface area (Å²) in [7, 11) is 0. The van der Waals surface area contributed by atoms with E-state index in [9.17, 15) is 4.79 Å². The van der Waals surface area contributed by atoms with Gasteiger partial charge in [-0.3, -0.25) is 14.3 Å². The molecule has 1 atom stereocenters. The second kappa shape index (κ2) is 10.2. The Hall–Kier alpha value is -3.16. The lowest BCUT2D eigenvalue weighted by molar-refractivity contribution is -0.117. The highest BCUT2D eigenvalue weighted by Gasteiger charge is 2.26. The van der Waals surface area contributed by atoms with E-state index in [2.05, 4.69) is 15.2 Å². The van der Waals surface area contributed by atoms with Gasteiger partial charge in [-0.1, -0.05) is 47.6 Å². The quantitative estimate of drug-likeness (QED) is 0.313. The molecule has 0 radical (unpaired) electrons. The highest BCUT2D eigenvalue weighted by Crippen LogP contribution is 2.33. The molecule has 0 saturated heterocycles. The van der Waals surface area contributed by atoms with Crippen LogP contribution in [0.25, 0.3) is 17.1 Å². The summed E-state index contributed by atoms with van der Waals surface area (Å²) in [5, 5.41) is 9.83. The van der Waals surface area contributed by atoms with E-state index in [4.69, 9.17) is 11.6 Å². The van der Waals surface area contributed by atoms with Gasteiger partial charge in [0.05, 0.1) is 10.9 Å². The van der Waals surface area contributed by atoms with Crippen molar-refractivity contribution in [3.63, 3.8) is 0 Å². The predicted octanol–water partition coefficient (Wildman–Crippen LogP) is 5.82. The normalized spacial score (nSPS) is 11.9. The molecule has 2 aromatic heterocycles. The number of carbonyl (C=O) groups is 1. The fourth-order valence-electron chi connectivity index (χ4n) is 3.59. The number of thioether (sulfide) groups is 1. The van der Waals surface area contributed by atoms with E-state index in [1.807, 2.05) is 86.0 Å². The third-order valence-electron chi connectivity index (χ3n) is 5.33. The summed E-state index contributed by atoms with van der Waals surface area (Å²) >= 11 is 7.82. The Morgan fingerprint density at radius 2 is 1.79 bits per heavy atom. The molecule has 2 aromatic carbocycles. The van der Waals surface area contributed by atoms with E-state index >= 15 is 0 Å². The number of rotatable bonds is 7. The van der Waals surface area contributed by atoms with Crippen molar-refractivity contribution >= 4 is 35.0 Å². The van der Waals surface area contributed by atoms with Crippen LogP contribution in [0.1, 0.15) is 19.4 Å². The molecule has 0 N–H and O–H groups in total. The number of hydrogen-bond donors (Lipinski definition) is 0. The minimum atomic E-state index is -0.377. The monoisotopic (exact) mass is 477 g/mol. The summed E-state index contributed by atoms with van der Waals surface area (Å²) in [5.41, 5.74) is 3.54. The van der Waals surface area contributed by atoms with Crippen LogP contribution < -0.4 is 4.90 Å². The smallest absolute Gasteiger partial charge is 0.240 e. The standard InChI is InChI=1S/C25H24ClN5OS/c1-4-30(20-9-6-5-7-10-20)24(32)18(3)33-25-29-28-23(19-13-15-27-16-14-19)31(25)22-12-8-11-21(26)17(22)2/h5-16,18H,4H2,1-3H3. The van der Waals surface area contributed by atoms with Crippen LogP contribution in [-0.4, -0.2) is 37.5 Å². The van der Waals surface area contributed by atoms with Crippen LogP contribution in [-0.2, 0) is 4.79 Å². The van der Waals surface area contributed by atoms with Gasteiger partial charge in [0, 0.05) is 35.2 Å². The summed E-state index contributed by atoms with van der Waals surface area (Å²) in [6.45, 7) is 6.41. The summed E-state index contributed by atoms with van der Waals surface area (Å²) in [6, 6.07) is 19.2. The minimum Gasteiger partial charge on any atom is -0.312 e. The van der Waals surface area contributed by atoms with E-state index in [1.165, 1.54) is 11.8 Å². The van der Waals surface area contributed by atoms with Gasteiger partial charge in [0.2, 0.25) is 5.91 Å². The maximum absolute atomic E-state index is 13.3. The lowest BCUT2D eigenvalue weighted by atomic mass is 10.2. The number of aromatic nitrogens is 4. The molecule has 0 spiro atoms. The second-order valence-corrected chi connectivity index (χ2v) is 9.15. The van der Waals surface area contributed by atoms with Crippen molar-refractivity contribution < 1.29 is 4.79 Å². The number of nitrogens with zero attached hydrogens (tertiary/aromatic N) is 5. The summed E-state index contributed by atoms with van der Waals surface area (Å²) < 4.78 is 1.96. The molecule has 33 heavy (non-hydrogen) atoms. The van der Waals surface area contributed by atoms with Crippen LogP contribution >= 0.6 is 23.4 Å². The van der Waals surface area contributed by atoms with Crippen molar-refractivity contribution in [2.75, 3.05) is 11.4 Å². The average molecular weight is 478 g/mol. The average Bonchev–Trinajstić information content (AvgIpc) is 3.25. The molecule has 0 saturated carbocycles. The number of halogens is 1. The van der Waals surface area contributed by atoms with Gasteiger partial charge in [0.1, 0.15) is 0 Å². The van der Waals surface area contributed by atoms with Crippen LogP contribution in [0.3, 0.4) is 0 Å². The molecule has 0 aliphatic rings. The molecular weight excluding hydrogens is 454 g/mol. The van der Waals surface area contributed by atoms with Crippen LogP contribution in [0.2, 0.25) is 5.02 Å². The molecule has 1 unspecified atom stereocenters. The van der Waals surface area contributed by atoms with Crippen molar-refractivity contribution in [1.29, 1.82) is 0 Å². The summed E-state index contributed by atoms with van der Waals surface area (Å²) in [5.74, 6) is 0.678. The number of hydrogen-bond acceptors (Lipinski definition) is 5. The summed E-state index contributed by atoms with van der Waals surface area (Å²) in [4.78, 5) is 19.2. The van der Waals surface area contributed by atoms with Crippen molar-refractivity contribution in [3.05, 3.63) is 83.6 Å². The molecule has 1 amide bonds. The Kier molecular flexibility index (Phi) is 7.11. The van der Waals surface area contributed by atoms with E-state index in [1.54, 1.807) is 17.3 Å². The Morgan fingerprint density at radius 1 is 1.06 bits per heavy atom.